The summed E-state index contributed by atoms with van der Waals surface area (Å²) < 4.78 is 0. The van der Waals surface area contributed by atoms with E-state index >= 15 is 0 Å². The quantitative estimate of drug-likeness (QED) is 0.463. The maximum atomic E-state index is 3.22. The molecule has 10 heavy (non-hydrogen) atoms. The lowest BCUT2D eigenvalue weighted by Crippen LogP contribution is -2.21. The van der Waals surface area contributed by atoms with Crippen LogP contribution in [0.15, 0.2) is 12.4 Å². The van der Waals surface area contributed by atoms with Gasteiger partial charge in [-0.05, 0) is 6.92 Å². The third kappa shape index (κ3) is 3.27. The first-order chi connectivity index (χ1) is 4.83. The first-order valence-corrected chi connectivity index (χ1v) is 4.75. The fourth-order valence-electron chi connectivity index (χ4n) is 0.794. The van der Waals surface area contributed by atoms with Crippen molar-refractivity contribution in [1.82, 2.24) is 9.80 Å². The summed E-state index contributed by atoms with van der Waals surface area (Å²) in [7, 11) is 2.08. The minimum atomic E-state index is 1.05. The Morgan fingerprint density at radius 2 is 2.00 bits per heavy atom. The molecule has 0 aromatic carbocycles. The van der Waals surface area contributed by atoms with Gasteiger partial charge in [0.05, 0.1) is 6.67 Å². The standard InChI is InChI=1S/C6H12N2.H2S2/c1-3-8-5-4-7(2)6-8;1-2/h4-5H,3,6H2,1-2H3;1-2H. The average molecular weight is 178 g/mol. The van der Waals surface area contributed by atoms with Crippen molar-refractivity contribution in [3.63, 3.8) is 0 Å². The maximum absolute atomic E-state index is 3.22. The van der Waals surface area contributed by atoms with E-state index < -0.39 is 0 Å². The molecule has 1 aliphatic rings. The van der Waals surface area contributed by atoms with Crippen molar-refractivity contribution in [2.75, 3.05) is 20.3 Å². The second-order valence-corrected chi connectivity index (χ2v) is 2.10. The van der Waals surface area contributed by atoms with Crippen molar-refractivity contribution in [1.29, 1.82) is 0 Å². The number of hydrogen-bond acceptors (Lipinski definition) is 4. The second-order valence-electron chi connectivity index (χ2n) is 2.10. The first-order valence-electron chi connectivity index (χ1n) is 3.15. The zero-order valence-electron chi connectivity index (χ0n) is 6.36. The molecule has 0 amide bonds. The molecule has 60 valence electrons. The summed E-state index contributed by atoms with van der Waals surface area (Å²) in [5.41, 5.74) is 0. The lowest BCUT2D eigenvalue weighted by atomic mass is 10.6. The van der Waals surface area contributed by atoms with Crippen LogP contribution in [-0.4, -0.2) is 30.1 Å². The topological polar surface area (TPSA) is 6.48 Å². The molecule has 0 aliphatic carbocycles. The van der Waals surface area contributed by atoms with Crippen LogP contribution in [0.1, 0.15) is 6.92 Å². The Hall–Kier alpha value is 0.0400. The van der Waals surface area contributed by atoms with E-state index in [1.165, 1.54) is 0 Å². The van der Waals surface area contributed by atoms with Crippen LogP contribution in [-0.2, 0) is 0 Å². The van der Waals surface area contributed by atoms with E-state index in [0.29, 0.717) is 0 Å². The highest BCUT2D eigenvalue weighted by Gasteiger charge is 2.03. The molecule has 1 aliphatic heterocycles. The van der Waals surface area contributed by atoms with Crippen LogP contribution in [0.25, 0.3) is 0 Å². The zero-order chi connectivity index (χ0) is 7.98. The van der Waals surface area contributed by atoms with E-state index in [2.05, 4.69) is 59.5 Å². The summed E-state index contributed by atoms with van der Waals surface area (Å²) >= 11 is 6.44. The Balaban J connectivity index is 0.000000371. The van der Waals surface area contributed by atoms with Crippen LogP contribution in [0, 0.1) is 0 Å². The van der Waals surface area contributed by atoms with Crippen molar-refractivity contribution in [2.45, 2.75) is 6.92 Å². The Bertz CT molecular complexity index is 106. The fourth-order valence-corrected chi connectivity index (χ4v) is 0.794. The second kappa shape index (κ2) is 5.80. The zero-order valence-corrected chi connectivity index (χ0v) is 8.15. The monoisotopic (exact) mass is 178 g/mol. The van der Waals surface area contributed by atoms with Gasteiger partial charge in [0.25, 0.3) is 0 Å². The van der Waals surface area contributed by atoms with E-state index in [4.69, 9.17) is 0 Å². The molecule has 0 atom stereocenters. The number of nitrogens with zero attached hydrogens (tertiary/aromatic N) is 2. The molecule has 0 spiro atoms. The van der Waals surface area contributed by atoms with E-state index in [1.54, 1.807) is 0 Å². The fraction of sp³-hybridized carbons (Fsp3) is 0.667. The molecule has 1 heterocycles. The molecule has 0 saturated heterocycles. The van der Waals surface area contributed by atoms with Gasteiger partial charge in [-0.25, -0.2) is 0 Å². The van der Waals surface area contributed by atoms with Crippen LogP contribution in [0.4, 0.5) is 0 Å². The maximum Gasteiger partial charge on any atom is 0.0890 e. The molecule has 0 radical (unpaired) electrons. The van der Waals surface area contributed by atoms with Gasteiger partial charge in [-0.2, -0.15) is 0 Å². The number of hydrogen-bond donors (Lipinski definition) is 2. The first kappa shape index (κ1) is 10.0. The van der Waals surface area contributed by atoms with E-state index in [9.17, 15) is 0 Å². The van der Waals surface area contributed by atoms with Crippen LogP contribution >= 0.6 is 23.3 Å². The smallest absolute Gasteiger partial charge is 0.0890 e. The molecule has 1 rings (SSSR count). The van der Waals surface area contributed by atoms with Gasteiger partial charge in [0.1, 0.15) is 0 Å². The number of rotatable bonds is 1. The van der Waals surface area contributed by atoms with Gasteiger partial charge in [0, 0.05) is 26.0 Å². The summed E-state index contributed by atoms with van der Waals surface area (Å²) in [6.07, 6.45) is 4.20. The molecular weight excluding hydrogens is 164 g/mol. The molecule has 4 heteroatoms. The van der Waals surface area contributed by atoms with E-state index in [-0.39, 0.29) is 0 Å². The molecule has 0 aromatic heterocycles. The Morgan fingerprint density at radius 1 is 1.40 bits per heavy atom. The Morgan fingerprint density at radius 3 is 2.20 bits per heavy atom. The SMILES string of the molecule is CCN1C=CN(C)C1.SS. The highest BCUT2D eigenvalue weighted by Crippen LogP contribution is 2.00. The van der Waals surface area contributed by atoms with Gasteiger partial charge >= 0.3 is 0 Å². The minimum absolute atomic E-state index is 1.05. The van der Waals surface area contributed by atoms with Gasteiger partial charge in [0.15, 0.2) is 0 Å². The van der Waals surface area contributed by atoms with Gasteiger partial charge in [-0.1, -0.05) is 0 Å². The predicted octanol–water partition coefficient (Wildman–Crippen LogP) is 1.44. The largest absolute Gasteiger partial charge is 0.362 e. The molecule has 0 saturated carbocycles. The summed E-state index contributed by atoms with van der Waals surface area (Å²) in [4.78, 5) is 4.41. The molecule has 0 fully saturated rings. The molecule has 2 nitrogen and oxygen atoms in total. The Labute approximate surface area is 73.1 Å². The van der Waals surface area contributed by atoms with E-state index in [0.717, 1.165) is 13.2 Å². The summed E-state index contributed by atoms with van der Waals surface area (Å²) in [5.74, 6) is 0. The van der Waals surface area contributed by atoms with Crippen molar-refractivity contribution in [3.8, 4) is 0 Å². The van der Waals surface area contributed by atoms with Crippen molar-refractivity contribution < 1.29 is 0 Å². The lowest BCUT2D eigenvalue weighted by Gasteiger charge is -2.14. The van der Waals surface area contributed by atoms with Crippen molar-refractivity contribution >= 4 is 23.3 Å². The lowest BCUT2D eigenvalue weighted by molar-refractivity contribution is 0.308. The molecule has 0 unspecified atom stereocenters. The van der Waals surface area contributed by atoms with Crippen LogP contribution in [0.5, 0.6) is 0 Å². The van der Waals surface area contributed by atoms with Crippen molar-refractivity contribution in [2.24, 2.45) is 0 Å². The molecule has 0 N–H and O–H groups in total. The van der Waals surface area contributed by atoms with Crippen molar-refractivity contribution in [3.05, 3.63) is 12.4 Å². The normalized spacial score (nSPS) is 15.2. The van der Waals surface area contributed by atoms with Gasteiger partial charge < -0.3 is 9.80 Å². The summed E-state index contributed by atoms with van der Waals surface area (Å²) in [5, 5.41) is 0. The van der Waals surface area contributed by atoms with Crippen LogP contribution in [0.3, 0.4) is 0 Å². The highest BCUT2D eigenvalue weighted by molar-refractivity contribution is 8.59. The molecular formula is C6H14N2S2. The minimum Gasteiger partial charge on any atom is -0.362 e. The Kier molecular flexibility index (Phi) is 5.82. The van der Waals surface area contributed by atoms with E-state index in [1.807, 2.05) is 0 Å². The molecule has 0 aromatic rings. The number of thiol groups is 2. The van der Waals surface area contributed by atoms with Gasteiger partial charge in [0.2, 0.25) is 0 Å². The average Bonchev–Trinajstić information content (AvgIpc) is 2.40. The van der Waals surface area contributed by atoms with Crippen LogP contribution < -0.4 is 0 Å². The highest BCUT2D eigenvalue weighted by atomic mass is 33.1. The summed E-state index contributed by atoms with van der Waals surface area (Å²) in [6, 6.07) is 0. The van der Waals surface area contributed by atoms with Crippen LogP contribution in [0.2, 0.25) is 0 Å². The predicted molar refractivity (Wildman–Crippen MR) is 52.1 cm³/mol. The van der Waals surface area contributed by atoms with Gasteiger partial charge in [-0.3, -0.25) is 0 Å². The van der Waals surface area contributed by atoms with Gasteiger partial charge in [-0.15, -0.1) is 23.3 Å². The summed E-state index contributed by atoms with van der Waals surface area (Å²) in [6.45, 7) is 4.32. The third-order valence-electron chi connectivity index (χ3n) is 1.34. The molecule has 0 bridgehead atoms. The third-order valence-corrected chi connectivity index (χ3v) is 1.34.